The Morgan fingerprint density at radius 1 is 0.850 bits per heavy atom. The molecule has 2 heteroatoms. The lowest BCUT2D eigenvalue weighted by Gasteiger charge is -2.20. The molecule has 1 unspecified atom stereocenters. The van der Waals surface area contributed by atoms with E-state index in [0.29, 0.717) is 6.04 Å². The lowest BCUT2D eigenvalue weighted by molar-refractivity contribution is 0.520. The standard InChI is InChI=1S/C18H30BrN/c1-3-5-7-9-11-17(10-8-6-4-2)20-18-14-12-16(19)13-15-18/h12-15,17,20H,3-11H2,1-2H3. The zero-order valence-corrected chi connectivity index (χ0v) is 14.7. The Hall–Kier alpha value is -0.500. The van der Waals surface area contributed by atoms with Crippen molar-refractivity contribution in [1.29, 1.82) is 0 Å². The summed E-state index contributed by atoms with van der Waals surface area (Å²) in [7, 11) is 0. The van der Waals surface area contributed by atoms with Gasteiger partial charge in [-0.15, -0.1) is 0 Å². The van der Waals surface area contributed by atoms with E-state index in [4.69, 9.17) is 0 Å². The Balaban J connectivity index is 2.41. The van der Waals surface area contributed by atoms with Gasteiger partial charge in [0.25, 0.3) is 0 Å². The van der Waals surface area contributed by atoms with Gasteiger partial charge in [0.05, 0.1) is 0 Å². The van der Waals surface area contributed by atoms with Crippen LogP contribution in [0.2, 0.25) is 0 Å². The Bertz CT molecular complexity index is 334. The molecule has 0 fully saturated rings. The fraction of sp³-hybridized carbons (Fsp3) is 0.667. The first kappa shape index (κ1) is 17.6. The molecule has 1 aromatic carbocycles. The van der Waals surface area contributed by atoms with Gasteiger partial charge in [-0.2, -0.15) is 0 Å². The Kier molecular flexibility index (Phi) is 9.82. The number of nitrogens with one attached hydrogen (secondary N) is 1. The van der Waals surface area contributed by atoms with E-state index in [1.54, 1.807) is 0 Å². The summed E-state index contributed by atoms with van der Waals surface area (Å²) in [5, 5.41) is 3.72. The van der Waals surface area contributed by atoms with E-state index < -0.39 is 0 Å². The van der Waals surface area contributed by atoms with Crippen molar-refractivity contribution in [1.82, 2.24) is 0 Å². The molecule has 0 aromatic heterocycles. The number of rotatable bonds is 11. The van der Waals surface area contributed by atoms with Crippen LogP contribution >= 0.6 is 15.9 Å². The minimum absolute atomic E-state index is 0.639. The fourth-order valence-corrected chi connectivity index (χ4v) is 2.79. The molecular formula is C18H30BrN. The van der Waals surface area contributed by atoms with Gasteiger partial charge in [-0.3, -0.25) is 0 Å². The summed E-state index contributed by atoms with van der Waals surface area (Å²) in [4.78, 5) is 0. The number of anilines is 1. The maximum absolute atomic E-state index is 3.72. The van der Waals surface area contributed by atoms with Gasteiger partial charge < -0.3 is 5.32 Å². The summed E-state index contributed by atoms with van der Waals surface area (Å²) < 4.78 is 1.15. The highest BCUT2D eigenvalue weighted by atomic mass is 79.9. The highest BCUT2D eigenvalue weighted by Crippen LogP contribution is 2.19. The molecule has 1 nitrogen and oxygen atoms in total. The Labute approximate surface area is 133 Å². The van der Waals surface area contributed by atoms with Gasteiger partial charge in [-0.05, 0) is 37.1 Å². The monoisotopic (exact) mass is 339 g/mol. The largest absolute Gasteiger partial charge is 0.382 e. The number of hydrogen-bond donors (Lipinski definition) is 1. The molecule has 114 valence electrons. The Morgan fingerprint density at radius 3 is 2.00 bits per heavy atom. The maximum atomic E-state index is 3.72. The van der Waals surface area contributed by atoms with Crippen LogP contribution in [0.3, 0.4) is 0 Å². The fourth-order valence-electron chi connectivity index (χ4n) is 2.53. The molecule has 0 bridgehead atoms. The molecule has 0 saturated carbocycles. The van der Waals surface area contributed by atoms with Crippen molar-refractivity contribution in [2.24, 2.45) is 0 Å². The molecule has 20 heavy (non-hydrogen) atoms. The molecule has 1 atom stereocenters. The molecule has 0 saturated heterocycles. The van der Waals surface area contributed by atoms with Crippen molar-refractivity contribution in [3.63, 3.8) is 0 Å². The molecule has 0 spiro atoms. The normalized spacial score (nSPS) is 12.3. The summed E-state index contributed by atoms with van der Waals surface area (Å²) in [6.07, 6.45) is 12.0. The van der Waals surface area contributed by atoms with Crippen LogP contribution < -0.4 is 5.32 Å². The molecule has 1 N–H and O–H groups in total. The van der Waals surface area contributed by atoms with Crippen LogP contribution in [0.25, 0.3) is 0 Å². The van der Waals surface area contributed by atoms with Crippen LogP contribution in [-0.2, 0) is 0 Å². The predicted molar refractivity (Wildman–Crippen MR) is 94.5 cm³/mol. The highest BCUT2D eigenvalue weighted by molar-refractivity contribution is 9.10. The third-order valence-corrected chi connectivity index (χ3v) is 4.31. The van der Waals surface area contributed by atoms with Crippen molar-refractivity contribution in [2.75, 3.05) is 5.32 Å². The number of halogens is 1. The van der Waals surface area contributed by atoms with Crippen LogP contribution in [0, 0.1) is 0 Å². The first-order valence-corrected chi connectivity index (χ1v) is 9.07. The summed E-state index contributed by atoms with van der Waals surface area (Å²) in [5.41, 5.74) is 1.25. The van der Waals surface area contributed by atoms with E-state index in [-0.39, 0.29) is 0 Å². The van der Waals surface area contributed by atoms with Crippen molar-refractivity contribution in [3.8, 4) is 0 Å². The van der Waals surface area contributed by atoms with E-state index in [0.717, 1.165) is 4.47 Å². The molecule has 0 aliphatic rings. The smallest absolute Gasteiger partial charge is 0.0343 e. The first-order valence-electron chi connectivity index (χ1n) is 8.28. The molecule has 0 aliphatic heterocycles. The zero-order chi connectivity index (χ0) is 14.6. The van der Waals surface area contributed by atoms with Crippen molar-refractivity contribution >= 4 is 21.6 Å². The molecule has 1 rings (SSSR count). The second kappa shape index (κ2) is 11.2. The number of unbranched alkanes of at least 4 members (excludes halogenated alkanes) is 5. The quantitative estimate of drug-likeness (QED) is 0.438. The van der Waals surface area contributed by atoms with Crippen LogP contribution in [0.15, 0.2) is 28.7 Å². The minimum Gasteiger partial charge on any atom is -0.382 e. The molecular weight excluding hydrogens is 310 g/mol. The molecule has 0 radical (unpaired) electrons. The van der Waals surface area contributed by atoms with E-state index in [2.05, 4.69) is 59.4 Å². The summed E-state index contributed by atoms with van der Waals surface area (Å²) in [5.74, 6) is 0. The van der Waals surface area contributed by atoms with Crippen LogP contribution in [-0.4, -0.2) is 6.04 Å². The molecule has 0 amide bonds. The van der Waals surface area contributed by atoms with Gasteiger partial charge >= 0.3 is 0 Å². The van der Waals surface area contributed by atoms with Gasteiger partial charge in [0, 0.05) is 16.2 Å². The maximum Gasteiger partial charge on any atom is 0.0343 e. The van der Waals surface area contributed by atoms with Crippen molar-refractivity contribution in [3.05, 3.63) is 28.7 Å². The van der Waals surface area contributed by atoms with E-state index in [1.165, 1.54) is 63.5 Å². The molecule has 0 heterocycles. The lowest BCUT2D eigenvalue weighted by Crippen LogP contribution is -2.19. The second-order valence-electron chi connectivity index (χ2n) is 5.69. The van der Waals surface area contributed by atoms with Gasteiger partial charge in [0.15, 0.2) is 0 Å². The predicted octanol–water partition coefficient (Wildman–Crippen LogP) is 6.78. The van der Waals surface area contributed by atoms with Crippen molar-refractivity contribution in [2.45, 2.75) is 77.7 Å². The van der Waals surface area contributed by atoms with Crippen LogP contribution in [0.1, 0.15) is 71.6 Å². The Morgan fingerprint density at radius 2 is 1.40 bits per heavy atom. The average Bonchev–Trinajstić information content (AvgIpc) is 2.46. The lowest BCUT2D eigenvalue weighted by atomic mass is 10.0. The highest BCUT2D eigenvalue weighted by Gasteiger charge is 2.08. The molecule has 1 aromatic rings. The number of benzene rings is 1. The van der Waals surface area contributed by atoms with Gasteiger partial charge in [0.1, 0.15) is 0 Å². The van der Waals surface area contributed by atoms with Gasteiger partial charge in [-0.1, -0.05) is 74.7 Å². The minimum atomic E-state index is 0.639. The van der Waals surface area contributed by atoms with Crippen LogP contribution in [0.5, 0.6) is 0 Å². The summed E-state index contributed by atoms with van der Waals surface area (Å²) in [6, 6.07) is 9.20. The topological polar surface area (TPSA) is 12.0 Å². The zero-order valence-electron chi connectivity index (χ0n) is 13.1. The van der Waals surface area contributed by atoms with Crippen molar-refractivity contribution < 1.29 is 0 Å². The third-order valence-electron chi connectivity index (χ3n) is 3.78. The van der Waals surface area contributed by atoms with Gasteiger partial charge in [0.2, 0.25) is 0 Å². The SMILES string of the molecule is CCCCCCC(CCCCC)Nc1ccc(Br)cc1. The second-order valence-corrected chi connectivity index (χ2v) is 6.61. The van der Waals surface area contributed by atoms with E-state index in [9.17, 15) is 0 Å². The number of hydrogen-bond acceptors (Lipinski definition) is 1. The first-order chi connectivity index (χ1) is 9.76. The molecule has 0 aliphatic carbocycles. The van der Waals surface area contributed by atoms with Gasteiger partial charge in [-0.25, -0.2) is 0 Å². The third kappa shape index (κ3) is 7.94. The summed E-state index contributed by atoms with van der Waals surface area (Å²) in [6.45, 7) is 4.55. The van der Waals surface area contributed by atoms with E-state index in [1.807, 2.05) is 0 Å². The summed E-state index contributed by atoms with van der Waals surface area (Å²) >= 11 is 3.49. The average molecular weight is 340 g/mol. The van der Waals surface area contributed by atoms with Crippen LogP contribution in [0.4, 0.5) is 5.69 Å². The van der Waals surface area contributed by atoms with E-state index >= 15 is 0 Å².